The van der Waals surface area contributed by atoms with Crippen LogP contribution in [0, 0.1) is 0 Å². The summed E-state index contributed by atoms with van der Waals surface area (Å²) in [6.07, 6.45) is 10.0. The average Bonchev–Trinajstić information content (AvgIpc) is 3.28. The molecule has 0 amide bonds. The van der Waals surface area contributed by atoms with E-state index in [0.717, 1.165) is 44.0 Å². The van der Waals surface area contributed by atoms with Gasteiger partial charge in [0.2, 0.25) is 0 Å². The zero-order valence-corrected chi connectivity index (χ0v) is 17.1. The van der Waals surface area contributed by atoms with Gasteiger partial charge in [0.15, 0.2) is 6.67 Å². The Morgan fingerprint density at radius 2 is 1.79 bits per heavy atom. The molecular weight excluding hydrogens is 344 g/mol. The van der Waals surface area contributed by atoms with Gasteiger partial charge in [-0.25, -0.2) is 0 Å². The highest BCUT2D eigenvalue weighted by Gasteiger charge is 2.29. The lowest BCUT2D eigenvalue weighted by Crippen LogP contribution is -2.43. The Labute approximate surface area is 168 Å². The summed E-state index contributed by atoms with van der Waals surface area (Å²) >= 11 is 0. The Morgan fingerprint density at radius 3 is 2.61 bits per heavy atom. The molecule has 0 bridgehead atoms. The molecule has 0 fully saturated rings. The molecule has 2 aromatic carbocycles. The molecule has 28 heavy (non-hydrogen) atoms. The first kappa shape index (κ1) is 18.6. The Balaban J connectivity index is 1.32. The monoisotopic (exact) mass is 375 g/mol. The highest BCUT2D eigenvalue weighted by Crippen LogP contribution is 2.23. The third-order valence-electron chi connectivity index (χ3n) is 5.64. The Hall–Kier alpha value is -2.72. The number of hydrogen-bond acceptors (Lipinski definition) is 3. The van der Waals surface area contributed by atoms with E-state index in [1.165, 1.54) is 21.9 Å². The summed E-state index contributed by atoms with van der Waals surface area (Å²) in [5, 5.41) is 2.63. The standard InChI is InChI=1S/C24H31N4/c1-4-21(2)16-25-11-12-26(18-25)19-27-13-14-28(3,20-27)17-22-9-10-23-7-5-6-8-24(23)15-22/h5-15H,2,4,16-20H2,1,3H3/q+1. The molecule has 146 valence electrons. The number of quaternary nitrogens is 1. The summed E-state index contributed by atoms with van der Waals surface area (Å²) in [5.74, 6) is 0. The lowest BCUT2D eigenvalue weighted by atomic mass is 10.1. The molecule has 0 aliphatic carbocycles. The van der Waals surface area contributed by atoms with Crippen molar-refractivity contribution in [2.45, 2.75) is 19.9 Å². The highest BCUT2D eigenvalue weighted by atomic mass is 15.5. The van der Waals surface area contributed by atoms with Crippen LogP contribution in [0.15, 0.2) is 79.4 Å². The molecule has 0 saturated carbocycles. The minimum absolute atomic E-state index is 0.909. The predicted octanol–water partition coefficient (Wildman–Crippen LogP) is 4.50. The first-order valence-corrected chi connectivity index (χ1v) is 10.1. The van der Waals surface area contributed by atoms with Crippen LogP contribution in [0.2, 0.25) is 0 Å². The van der Waals surface area contributed by atoms with Crippen molar-refractivity contribution in [2.24, 2.45) is 0 Å². The molecule has 2 heterocycles. The van der Waals surface area contributed by atoms with Crippen molar-refractivity contribution in [2.75, 3.05) is 33.6 Å². The van der Waals surface area contributed by atoms with E-state index in [2.05, 4.69) is 103 Å². The van der Waals surface area contributed by atoms with Gasteiger partial charge in [0.25, 0.3) is 0 Å². The van der Waals surface area contributed by atoms with Gasteiger partial charge in [-0.15, -0.1) is 0 Å². The molecule has 1 atom stereocenters. The van der Waals surface area contributed by atoms with Crippen LogP contribution < -0.4 is 0 Å². The second kappa shape index (κ2) is 7.72. The molecule has 0 spiro atoms. The van der Waals surface area contributed by atoms with Crippen molar-refractivity contribution in [3.05, 3.63) is 85.0 Å². The van der Waals surface area contributed by atoms with E-state index in [9.17, 15) is 0 Å². The first-order valence-electron chi connectivity index (χ1n) is 10.1. The molecule has 4 rings (SSSR count). The number of nitrogens with zero attached hydrogens (tertiary/aromatic N) is 4. The van der Waals surface area contributed by atoms with Crippen molar-refractivity contribution in [3.8, 4) is 0 Å². The molecule has 1 unspecified atom stereocenters. The van der Waals surface area contributed by atoms with Crippen LogP contribution in [0.25, 0.3) is 10.8 Å². The molecule has 2 aliphatic rings. The van der Waals surface area contributed by atoms with Crippen LogP contribution in [-0.4, -0.2) is 52.8 Å². The van der Waals surface area contributed by atoms with Gasteiger partial charge in [0.1, 0.15) is 12.7 Å². The molecule has 4 heteroatoms. The fourth-order valence-corrected chi connectivity index (χ4v) is 4.06. The van der Waals surface area contributed by atoms with Gasteiger partial charge in [-0.2, -0.15) is 0 Å². The summed E-state index contributed by atoms with van der Waals surface area (Å²) in [7, 11) is 2.31. The fraction of sp³-hybridized carbons (Fsp3) is 0.333. The second-order valence-electron chi connectivity index (χ2n) is 8.37. The minimum atomic E-state index is 0.909. The number of fused-ring (bicyclic) bond motifs is 1. The largest absolute Gasteiger partial charge is 0.355 e. The fourth-order valence-electron chi connectivity index (χ4n) is 4.06. The van der Waals surface area contributed by atoms with E-state index in [0.29, 0.717) is 0 Å². The summed E-state index contributed by atoms with van der Waals surface area (Å²) in [6.45, 7) is 11.1. The zero-order chi connectivity index (χ0) is 19.6. The summed E-state index contributed by atoms with van der Waals surface area (Å²) in [4.78, 5) is 7.09. The highest BCUT2D eigenvalue weighted by molar-refractivity contribution is 5.82. The number of benzene rings is 2. The van der Waals surface area contributed by atoms with Crippen molar-refractivity contribution in [1.82, 2.24) is 14.7 Å². The van der Waals surface area contributed by atoms with Gasteiger partial charge in [-0.1, -0.05) is 55.5 Å². The Kier molecular flexibility index (Phi) is 5.14. The summed E-state index contributed by atoms with van der Waals surface area (Å²) in [6, 6.07) is 15.4. The van der Waals surface area contributed by atoms with E-state index in [1.54, 1.807) is 0 Å². The van der Waals surface area contributed by atoms with Crippen LogP contribution in [0.5, 0.6) is 0 Å². The summed E-state index contributed by atoms with van der Waals surface area (Å²) in [5.41, 5.74) is 2.67. The van der Waals surface area contributed by atoms with Gasteiger partial charge in [0, 0.05) is 24.5 Å². The smallest absolute Gasteiger partial charge is 0.160 e. The van der Waals surface area contributed by atoms with Crippen LogP contribution in [0.1, 0.15) is 18.9 Å². The lowest BCUT2D eigenvalue weighted by Gasteiger charge is -2.31. The van der Waals surface area contributed by atoms with Gasteiger partial charge in [-0.3, -0.25) is 4.48 Å². The van der Waals surface area contributed by atoms with E-state index in [-0.39, 0.29) is 0 Å². The van der Waals surface area contributed by atoms with Gasteiger partial charge in [-0.05, 0) is 23.3 Å². The zero-order valence-electron chi connectivity index (χ0n) is 17.1. The molecule has 4 nitrogen and oxygen atoms in total. The van der Waals surface area contributed by atoms with Crippen LogP contribution >= 0.6 is 0 Å². The molecular formula is C24H31N4+. The molecule has 0 N–H and O–H groups in total. The molecule has 0 aromatic heterocycles. The van der Waals surface area contributed by atoms with E-state index in [4.69, 9.17) is 0 Å². The minimum Gasteiger partial charge on any atom is -0.355 e. The quantitative estimate of drug-likeness (QED) is 0.521. The van der Waals surface area contributed by atoms with E-state index < -0.39 is 0 Å². The predicted molar refractivity (Wildman–Crippen MR) is 117 cm³/mol. The van der Waals surface area contributed by atoms with E-state index >= 15 is 0 Å². The lowest BCUT2D eigenvalue weighted by molar-refractivity contribution is -0.875. The van der Waals surface area contributed by atoms with E-state index in [1.807, 2.05) is 0 Å². The molecule has 0 saturated heterocycles. The van der Waals surface area contributed by atoms with Crippen LogP contribution in [-0.2, 0) is 6.54 Å². The Morgan fingerprint density at radius 1 is 1.00 bits per heavy atom. The van der Waals surface area contributed by atoms with Gasteiger partial charge < -0.3 is 14.7 Å². The van der Waals surface area contributed by atoms with Crippen molar-refractivity contribution in [1.29, 1.82) is 0 Å². The molecule has 2 aromatic rings. The van der Waals surface area contributed by atoms with Gasteiger partial charge >= 0.3 is 0 Å². The average molecular weight is 376 g/mol. The number of hydrogen-bond donors (Lipinski definition) is 0. The van der Waals surface area contributed by atoms with Crippen LogP contribution in [0.3, 0.4) is 0 Å². The third kappa shape index (κ3) is 4.23. The van der Waals surface area contributed by atoms with Crippen LogP contribution in [0.4, 0.5) is 0 Å². The first-order chi connectivity index (χ1) is 13.5. The maximum absolute atomic E-state index is 4.12. The maximum Gasteiger partial charge on any atom is 0.160 e. The third-order valence-corrected chi connectivity index (χ3v) is 5.64. The topological polar surface area (TPSA) is 9.72 Å². The van der Waals surface area contributed by atoms with Crippen molar-refractivity contribution < 1.29 is 4.48 Å². The second-order valence-corrected chi connectivity index (χ2v) is 8.37. The maximum atomic E-state index is 4.12. The molecule has 0 radical (unpaired) electrons. The van der Waals surface area contributed by atoms with Crippen molar-refractivity contribution >= 4 is 10.8 Å². The summed E-state index contributed by atoms with van der Waals surface area (Å²) < 4.78 is 0.909. The molecule has 2 aliphatic heterocycles. The SMILES string of the molecule is C=C(CC)CN1C=CN(CN2C=C[N+](C)(Cc3ccc4ccccc4c3)C2)C1. The number of rotatable bonds is 7. The van der Waals surface area contributed by atoms with Gasteiger partial charge in [0.05, 0.1) is 26.6 Å². The normalized spacial score (nSPS) is 21.3. The van der Waals surface area contributed by atoms with Crippen molar-refractivity contribution in [3.63, 3.8) is 0 Å². The Bertz CT molecular complexity index is 916.